The van der Waals surface area contributed by atoms with Crippen LogP contribution in [0.5, 0.6) is 0 Å². The van der Waals surface area contributed by atoms with E-state index >= 15 is 0 Å². The summed E-state index contributed by atoms with van der Waals surface area (Å²) < 4.78 is 0. The summed E-state index contributed by atoms with van der Waals surface area (Å²) in [5, 5.41) is 16.0. The highest BCUT2D eigenvalue weighted by molar-refractivity contribution is 5.75. The maximum atomic E-state index is 9.80. The SMILES string of the molecule is NC(/C=C/O)C(=O)O. The van der Waals surface area contributed by atoms with Crippen molar-refractivity contribution in [3.8, 4) is 0 Å². The highest BCUT2D eigenvalue weighted by Crippen LogP contribution is 1.77. The molecular weight excluding hydrogens is 110 g/mol. The van der Waals surface area contributed by atoms with E-state index in [9.17, 15) is 4.79 Å². The van der Waals surface area contributed by atoms with Crippen molar-refractivity contribution in [3.63, 3.8) is 0 Å². The van der Waals surface area contributed by atoms with E-state index in [1.807, 2.05) is 0 Å². The average molecular weight is 117 g/mol. The van der Waals surface area contributed by atoms with Crippen molar-refractivity contribution >= 4 is 5.97 Å². The molecule has 4 N–H and O–H groups in total. The second-order valence-electron chi connectivity index (χ2n) is 1.21. The van der Waals surface area contributed by atoms with Crippen LogP contribution in [0.4, 0.5) is 0 Å². The van der Waals surface area contributed by atoms with E-state index in [2.05, 4.69) is 0 Å². The Balaban J connectivity index is 3.64. The third-order valence-electron chi connectivity index (χ3n) is 0.579. The van der Waals surface area contributed by atoms with Crippen LogP contribution in [-0.2, 0) is 4.79 Å². The number of aliphatic hydroxyl groups excluding tert-OH is 1. The van der Waals surface area contributed by atoms with E-state index in [0.29, 0.717) is 6.26 Å². The fraction of sp³-hybridized carbons (Fsp3) is 0.250. The van der Waals surface area contributed by atoms with Gasteiger partial charge >= 0.3 is 5.97 Å². The first-order chi connectivity index (χ1) is 3.68. The molecule has 46 valence electrons. The molecule has 1 atom stereocenters. The molecule has 0 fully saturated rings. The van der Waals surface area contributed by atoms with Crippen molar-refractivity contribution in [2.75, 3.05) is 0 Å². The van der Waals surface area contributed by atoms with Crippen LogP contribution in [0.25, 0.3) is 0 Å². The van der Waals surface area contributed by atoms with E-state index in [4.69, 9.17) is 15.9 Å². The lowest BCUT2D eigenvalue weighted by Gasteiger charge is -1.93. The molecule has 0 heterocycles. The first-order valence-corrected chi connectivity index (χ1v) is 1.97. The molecule has 0 saturated carbocycles. The number of carboxylic acids is 1. The van der Waals surface area contributed by atoms with Gasteiger partial charge in [0.1, 0.15) is 6.04 Å². The van der Waals surface area contributed by atoms with Crippen molar-refractivity contribution in [3.05, 3.63) is 12.3 Å². The van der Waals surface area contributed by atoms with E-state index < -0.39 is 12.0 Å². The minimum Gasteiger partial charge on any atom is -0.516 e. The summed E-state index contributed by atoms with van der Waals surface area (Å²) in [6.07, 6.45) is 1.58. The molecule has 0 aromatic carbocycles. The van der Waals surface area contributed by atoms with Gasteiger partial charge in [0, 0.05) is 0 Å². The lowest BCUT2D eigenvalue weighted by atomic mass is 10.3. The van der Waals surface area contributed by atoms with Crippen molar-refractivity contribution in [2.24, 2.45) is 5.73 Å². The van der Waals surface area contributed by atoms with Crippen LogP contribution in [0.1, 0.15) is 0 Å². The molecule has 8 heavy (non-hydrogen) atoms. The van der Waals surface area contributed by atoms with Crippen LogP contribution >= 0.6 is 0 Å². The number of nitrogens with two attached hydrogens (primary N) is 1. The van der Waals surface area contributed by atoms with Crippen LogP contribution in [-0.4, -0.2) is 22.2 Å². The number of carbonyl (C=O) groups is 1. The molecule has 0 aromatic rings. The summed E-state index contributed by atoms with van der Waals surface area (Å²) in [7, 11) is 0. The minimum atomic E-state index is -1.16. The predicted molar refractivity (Wildman–Crippen MR) is 27.4 cm³/mol. The summed E-state index contributed by atoms with van der Waals surface area (Å²) in [5.41, 5.74) is 4.88. The highest BCUT2D eigenvalue weighted by atomic mass is 16.4. The third kappa shape index (κ3) is 2.20. The molecule has 0 saturated heterocycles. The van der Waals surface area contributed by atoms with Crippen LogP contribution in [0.3, 0.4) is 0 Å². The Morgan fingerprint density at radius 1 is 1.75 bits per heavy atom. The average Bonchev–Trinajstić information content (AvgIpc) is 1.67. The molecule has 4 heteroatoms. The lowest BCUT2D eigenvalue weighted by Crippen LogP contribution is -2.27. The standard InChI is InChI=1S/C4H7NO3/c5-3(1-2-6)4(7)8/h1-3,6H,5H2,(H,7,8)/b2-1+. The number of hydrogen-bond donors (Lipinski definition) is 3. The zero-order chi connectivity index (χ0) is 6.57. The van der Waals surface area contributed by atoms with Crippen molar-refractivity contribution in [2.45, 2.75) is 6.04 Å². The molecule has 0 aliphatic heterocycles. The van der Waals surface area contributed by atoms with Gasteiger partial charge < -0.3 is 15.9 Å². The van der Waals surface area contributed by atoms with Gasteiger partial charge in [-0.15, -0.1) is 0 Å². The van der Waals surface area contributed by atoms with Crippen LogP contribution < -0.4 is 5.73 Å². The molecule has 1 unspecified atom stereocenters. The molecule has 0 aliphatic carbocycles. The van der Waals surface area contributed by atoms with Gasteiger partial charge in [0.2, 0.25) is 0 Å². The Kier molecular flexibility index (Phi) is 2.64. The smallest absolute Gasteiger partial charge is 0.324 e. The Morgan fingerprint density at radius 2 is 2.25 bits per heavy atom. The molecule has 0 amide bonds. The molecule has 0 aliphatic rings. The summed E-state index contributed by atoms with van der Waals surface area (Å²) in [6.45, 7) is 0. The summed E-state index contributed by atoms with van der Waals surface area (Å²) in [5.74, 6) is -1.16. The second kappa shape index (κ2) is 3.04. The van der Waals surface area contributed by atoms with Gasteiger partial charge in [-0.3, -0.25) is 4.79 Å². The summed E-state index contributed by atoms with van der Waals surface area (Å²) in [6, 6.07) is -1.10. The molecule has 4 nitrogen and oxygen atoms in total. The van der Waals surface area contributed by atoms with E-state index in [0.717, 1.165) is 6.08 Å². The molecule has 0 spiro atoms. The first-order valence-electron chi connectivity index (χ1n) is 1.97. The number of aliphatic carboxylic acids is 1. The Bertz CT molecular complexity index is 110. The molecule has 0 aromatic heterocycles. The highest BCUT2D eigenvalue weighted by Gasteiger charge is 2.04. The minimum absolute atomic E-state index is 0.610. The monoisotopic (exact) mass is 117 g/mol. The molecule has 0 bridgehead atoms. The topological polar surface area (TPSA) is 83.5 Å². The van der Waals surface area contributed by atoms with Gasteiger partial charge in [-0.25, -0.2) is 0 Å². The van der Waals surface area contributed by atoms with Gasteiger partial charge in [0.05, 0.1) is 6.26 Å². The van der Waals surface area contributed by atoms with Gasteiger partial charge in [-0.05, 0) is 6.08 Å². The number of rotatable bonds is 2. The predicted octanol–water partition coefficient (Wildman–Crippen LogP) is -0.530. The fourth-order valence-electron chi connectivity index (χ4n) is 0.175. The molecule has 0 radical (unpaired) electrons. The maximum absolute atomic E-state index is 9.80. The molecule has 0 rings (SSSR count). The van der Waals surface area contributed by atoms with E-state index in [1.165, 1.54) is 0 Å². The zero-order valence-electron chi connectivity index (χ0n) is 4.11. The lowest BCUT2D eigenvalue weighted by molar-refractivity contribution is -0.137. The van der Waals surface area contributed by atoms with Gasteiger partial charge in [-0.1, -0.05) is 0 Å². The largest absolute Gasteiger partial charge is 0.516 e. The van der Waals surface area contributed by atoms with Crippen molar-refractivity contribution in [1.82, 2.24) is 0 Å². The van der Waals surface area contributed by atoms with Crippen molar-refractivity contribution in [1.29, 1.82) is 0 Å². The summed E-state index contributed by atoms with van der Waals surface area (Å²) in [4.78, 5) is 9.80. The second-order valence-corrected chi connectivity index (χ2v) is 1.21. The number of aliphatic hydroxyl groups is 1. The van der Waals surface area contributed by atoms with Crippen LogP contribution in [0, 0.1) is 0 Å². The van der Waals surface area contributed by atoms with Crippen LogP contribution in [0.15, 0.2) is 12.3 Å². The van der Waals surface area contributed by atoms with Gasteiger partial charge in [-0.2, -0.15) is 0 Å². The van der Waals surface area contributed by atoms with E-state index in [-0.39, 0.29) is 0 Å². The van der Waals surface area contributed by atoms with E-state index in [1.54, 1.807) is 0 Å². The maximum Gasteiger partial charge on any atom is 0.324 e. The molecular formula is C4H7NO3. The third-order valence-corrected chi connectivity index (χ3v) is 0.579. The zero-order valence-corrected chi connectivity index (χ0v) is 4.11. The fourth-order valence-corrected chi connectivity index (χ4v) is 0.175. The summed E-state index contributed by atoms with van der Waals surface area (Å²) >= 11 is 0. The quantitative estimate of drug-likeness (QED) is 0.424. The van der Waals surface area contributed by atoms with Crippen molar-refractivity contribution < 1.29 is 15.0 Å². The Hall–Kier alpha value is -1.03. The Labute approximate surface area is 46.2 Å². The van der Waals surface area contributed by atoms with Gasteiger partial charge in [0.15, 0.2) is 0 Å². The Morgan fingerprint density at radius 3 is 2.38 bits per heavy atom. The normalized spacial score (nSPS) is 14.1. The van der Waals surface area contributed by atoms with Gasteiger partial charge in [0.25, 0.3) is 0 Å². The number of hydrogen-bond acceptors (Lipinski definition) is 3. The first kappa shape index (κ1) is 6.97. The van der Waals surface area contributed by atoms with Crippen LogP contribution in [0.2, 0.25) is 0 Å². The number of carboxylic acid groups (broad SMARTS) is 1.